The Labute approximate surface area is 138 Å². The number of aromatic nitrogens is 4. The van der Waals surface area contributed by atoms with Gasteiger partial charge in [0.25, 0.3) is 0 Å². The molecule has 0 spiro atoms. The van der Waals surface area contributed by atoms with Crippen molar-refractivity contribution in [2.24, 2.45) is 0 Å². The Morgan fingerprint density at radius 3 is 2.70 bits per heavy atom. The Balaban J connectivity index is 1.91. The summed E-state index contributed by atoms with van der Waals surface area (Å²) in [5.74, 6) is 0.409. The molecule has 122 valence electrons. The number of aliphatic hydroxyl groups is 1. The number of pyridine rings is 1. The molecule has 0 aromatic carbocycles. The van der Waals surface area contributed by atoms with Crippen LogP contribution in [0.4, 0.5) is 0 Å². The molecule has 1 aliphatic rings. The fraction of sp³-hybridized carbons (Fsp3) is 0.357. The third-order valence-corrected chi connectivity index (χ3v) is 6.72. The Hall–Kier alpha value is -1.71. The van der Waals surface area contributed by atoms with E-state index in [4.69, 9.17) is 0 Å². The van der Waals surface area contributed by atoms with E-state index >= 15 is 0 Å². The van der Waals surface area contributed by atoms with Crippen LogP contribution in [0.5, 0.6) is 0 Å². The summed E-state index contributed by atoms with van der Waals surface area (Å²) in [4.78, 5) is 3.98. The van der Waals surface area contributed by atoms with Gasteiger partial charge in [-0.2, -0.15) is 0 Å². The first-order chi connectivity index (χ1) is 11.0. The monoisotopic (exact) mass is 352 g/mol. The molecule has 2 aromatic heterocycles. The van der Waals surface area contributed by atoms with Crippen LogP contribution in [-0.4, -0.2) is 56.1 Å². The van der Waals surface area contributed by atoms with Gasteiger partial charge < -0.3 is 5.11 Å². The number of rotatable bonds is 5. The topological polar surface area (TPSA) is 98.0 Å². The predicted octanol–water partition coefficient (Wildman–Crippen LogP) is 0.776. The largest absolute Gasteiger partial charge is 0.391 e. The molecule has 2 atom stereocenters. The lowest BCUT2D eigenvalue weighted by Gasteiger charge is -2.13. The van der Waals surface area contributed by atoms with Gasteiger partial charge in [0.05, 0.1) is 22.9 Å². The highest BCUT2D eigenvalue weighted by Crippen LogP contribution is 2.32. The first-order valence-electron chi connectivity index (χ1n) is 7.00. The molecule has 1 aliphatic heterocycles. The average molecular weight is 352 g/mol. The third-order valence-electron chi connectivity index (χ3n) is 3.50. The SMILES string of the molecule is C=CCn1c(S[C@@H]2CS(=O)(=O)C[C@H]2O)nnc1-c1ccncc1. The van der Waals surface area contributed by atoms with E-state index in [9.17, 15) is 13.5 Å². The standard InChI is InChI=1S/C14H16N4O3S2/c1-2-7-18-13(10-3-5-15-6-4-10)16-17-14(18)22-12-9-23(20,21)8-11(12)19/h2-6,11-12,19H,1,7-9H2/t11-,12-/m1/s1. The van der Waals surface area contributed by atoms with E-state index < -0.39 is 21.2 Å². The van der Waals surface area contributed by atoms with Crippen LogP contribution in [0.25, 0.3) is 11.4 Å². The number of nitrogens with zero attached hydrogens (tertiary/aromatic N) is 4. The molecule has 2 aromatic rings. The van der Waals surface area contributed by atoms with E-state index in [0.29, 0.717) is 17.5 Å². The summed E-state index contributed by atoms with van der Waals surface area (Å²) in [5, 5.41) is 18.4. The highest BCUT2D eigenvalue weighted by atomic mass is 32.2. The van der Waals surface area contributed by atoms with Gasteiger partial charge >= 0.3 is 0 Å². The molecule has 1 N–H and O–H groups in total. The number of hydrogen-bond donors (Lipinski definition) is 1. The van der Waals surface area contributed by atoms with Crippen molar-refractivity contribution in [2.75, 3.05) is 11.5 Å². The molecule has 1 saturated heterocycles. The van der Waals surface area contributed by atoms with Crippen molar-refractivity contribution in [1.82, 2.24) is 19.7 Å². The van der Waals surface area contributed by atoms with Crippen molar-refractivity contribution in [3.05, 3.63) is 37.2 Å². The molecular weight excluding hydrogens is 336 g/mol. The van der Waals surface area contributed by atoms with Crippen LogP contribution >= 0.6 is 11.8 Å². The van der Waals surface area contributed by atoms with E-state index in [-0.39, 0.29) is 11.5 Å². The van der Waals surface area contributed by atoms with Gasteiger partial charge in [-0.3, -0.25) is 9.55 Å². The maximum absolute atomic E-state index is 11.6. The Bertz CT molecular complexity index is 805. The zero-order valence-corrected chi connectivity index (χ0v) is 13.9. The minimum atomic E-state index is -3.19. The molecule has 7 nitrogen and oxygen atoms in total. The smallest absolute Gasteiger partial charge is 0.192 e. The maximum Gasteiger partial charge on any atom is 0.192 e. The van der Waals surface area contributed by atoms with Gasteiger partial charge in [-0.15, -0.1) is 16.8 Å². The second-order valence-corrected chi connectivity index (χ2v) is 8.60. The van der Waals surface area contributed by atoms with Crippen molar-refractivity contribution in [3.63, 3.8) is 0 Å². The molecule has 0 bridgehead atoms. The molecule has 3 heterocycles. The maximum atomic E-state index is 11.6. The molecule has 23 heavy (non-hydrogen) atoms. The molecule has 3 rings (SSSR count). The second kappa shape index (κ2) is 6.42. The van der Waals surface area contributed by atoms with Crippen molar-refractivity contribution >= 4 is 21.6 Å². The van der Waals surface area contributed by atoms with Crippen LogP contribution < -0.4 is 0 Å². The van der Waals surface area contributed by atoms with Gasteiger partial charge in [0, 0.05) is 24.5 Å². The van der Waals surface area contributed by atoms with Crippen LogP contribution in [0.3, 0.4) is 0 Å². The van der Waals surface area contributed by atoms with Gasteiger partial charge in [-0.1, -0.05) is 17.8 Å². The van der Waals surface area contributed by atoms with E-state index in [1.807, 2.05) is 16.7 Å². The molecule has 0 saturated carbocycles. The zero-order chi connectivity index (χ0) is 16.4. The Morgan fingerprint density at radius 2 is 2.09 bits per heavy atom. The number of sulfone groups is 1. The lowest BCUT2D eigenvalue weighted by molar-refractivity contribution is 0.207. The Morgan fingerprint density at radius 1 is 1.35 bits per heavy atom. The van der Waals surface area contributed by atoms with Crippen molar-refractivity contribution in [3.8, 4) is 11.4 Å². The van der Waals surface area contributed by atoms with Gasteiger partial charge in [0.15, 0.2) is 20.8 Å². The summed E-state index contributed by atoms with van der Waals surface area (Å²) in [6, 6.07) is 3.65. The summed E-state index contributed by atoms with van der Waals surface area (Å²) in [6.07, 6.45) is 4.17. The van der Waals surface area contributed by atoms with Crippen LogP contribution in [0, 0.1) is 0 Å². The van der Waals surface area contributed by atoms with Crippen LogP contribution in [0.2, 0.25) is 0 Å². The van der Waals surface area contributed by atoms with E-state index in [1.54, 1.807) is 18.5 Å². The molecule has 1 fully saturated rings. The van der Waals surface area contributed by atoms with Crippen LogP contribution in [0.1, 0.15) is 0 Å². The predicted molar refractivity (Wildman–Crippen MR) is 87.8 cm³/mol. The van der Waals surface area contributed by atoms with E-state index in [2.05, 4.69) is 21.8 Å². The first-order valence-corrected chi connectivity index (χ1v) is 9.70. The Kier molecular flexibility index (Phi) is 4.51. The van der Waals surface area contributed by atoms with Gasteiger partial charge in [0.2, 0.25) is 0 Å². The average Bonchev–Trinajstić information content (AvgIpc) is 3.01. The number of thioether (sulfide) groups is 1. The van der Waals surface area contributed by atoms with Gasteiger partial charge in [0.1, 0.15) is 0 Å². The first kappa shape index (κ1) is 16.2. The fourth-order valence-electron chi connectivity index (χ4n) is 2.43. The summed E-state index contributed by atoms with van der Waals surface area (Å²) in [5.41, 5.74) is 0.862. The zero-order valence-electron chi connectivity index (χ0n) is 12.2. The fourth-order valence-corrected chi connectivity index (χ4v) is 5.96. The van der Waals surface area contributed by atoms with Crippen molar-refractivity contribution in [1.29, 1.82) is 0 Å². The molecule has 0 amide bonds. The third kappa shape index (κ3) is 3.46. The number of aliphatic hydroxyl groups excluding tert-OH is 1. The normalized spacial score (nSPS) is 23.0. The molecular formula is C14H16N4O3S2. The lowest BCUT2D eigenvalue weighted by Crippen LogP contribution is -2.20. The highest BCUT2D eigenvalue weighted by molar-refractivity contribution is 8.01. The second-order valence-electron chi connectivity index (χ2n) is 5.24. The van der Waals surface area contributed by atoms with Crippen LogP contribution in [0.15, 0.2) is 42.3 Å². The van der Waals surface area contributed by atoms with E-state index in [0.717, 1.165) is 5.56 Å². The molecule has 9 heteroatoms. The molecule has 0 aliphatic carbocycles. The number of hydrogen-bond acceptors (Lipinski definition) is 7. The summed E-state index contributed by atoms with van der Waals surface area (Å²) >= 11 is 1.24. The molecule has 0 radical (unpaired) electrons. The quantitative estimate of drug-likeness (QED) is 0.794. The van der Waals surface area contributed by atoms with E-state index in [1.165, 1.54) is 11.8 Å². The number of allylic oxidation sites excluding steroid dienone is 1. The summed E-state index contributed by atoms with van der Waals surface area (Å²) in [6.45, 7) is 4.23. The minimum absolute atomic E-state index is 0.0512. The van der Waals surface area contributed by atoms with Crippen LogP contribution in [-0.2, 0) is 16.4 Å². The minimum Gasteiger partial charge on any atom is -0.391 e. The van der Waals surface area contributed by atoms with Gasteiger partial charge in [-0.05, 0) is 12.1 Å². The van der Waals surface area contributed by atoms with Crippen molar-refractivity contribution < 1.29 is 13.5 Å². The van der Waals surface area contributed by atoms with Crippen molar-refractivity contribution in [2.45, 2.75) is 23.1 Å². The summed E-state index contributed by atoms with van der Waals surface area (Å²) < 4.78 is 25.1. The van der Waals surface area contributed by atoms with Gasteiger partial charge in [-0.25, -0.2) is 8.42 Å². The lowest BCUT2D eigenvalue weighted by atomic mass is 10.2. The highest BCUT2D eigenvalue weighted by Gasteiger charge is 2.38. The summed E-state index contributed by atoms with van der Waals surface area (Å²) in [7, 11) is -3.19. The molecule has 0 unspecified atom stereocenters.